The largest absolute Gasteiger partial charge is 0.323 e. The van der Waals surface area contributed by atoms with E-state index in [0.29, 0.717) is 5.69 Å². The fourth-order valence-corrected chi connectivity index (χ4v) is 3.66. The number of hydrogen-bond acceptors (Lipinski definition) is 4. The van der Waals surface area contributed by atoms with Crippen LogP contribution in [0.1, 0.15) is 11.1 Å². The van der Waals surface area contributed by atoms with Gasteiger partial charge in [0.1, 0.15) is 0 Å². The second kappa shape index (κ2) is 8.58. The molecule has 0 radical (unpaired) electrons. The van der Waals surface area contributed by atoms with E-state index in [-0.39, 0.29) is 11.7 Å². The zero-order valence-electron chi connectivity index (χ0n) is 15.4. The number of nitro groups is 1. The molecule has 0 saturated carbocycles. The van der Waals surface area contributed by atoms with Crippen molar-refractivity contribution in [3.05, 3.63) is 88.0 Å². The van der Waals surface area contributed by atoms with E-state index in [1.165, 1.54) is 23.9 Å². The Bertz CT molecular complexity index is 999. The number of urea groups is 1. The van der Waals surface area contributed by atoms with Crippen LogP contribution in [-0.4, -0.2) is 11.0 Å². The van der Waals surface area contributed by atoms with Crippen molar-refractivity contribution in [3.8, 4) is 0 Å². The first kappa shape index (κ1) is 19.4. The lowest BCUT2D eigenvalue weighted by Crippen LogP contribution is -2.19. The molecule has 28 heavy (non-hydrogen) atoms. The van der Waals surface area contributed by atoms with E-state index in [1.54, 1.807) is 12.1 Å². The molecule has 142 valence electrons. The Hall–Kier alpha value is -3.32. The number of nitro benzene ring substituents is 1. The molecule has 2 N–H and O–H groups in total. The smallest absolute Gasteiger partial charge is 0.308 e. The lowest BCUT2D eigenvalue weighted by Gasteiger charge is -2.12. The number of carbonyl (C=O) groups excluding carboxylic acids is 1. The maximum Gasteiger partial charge on any atom is 0.323 e. The van der Waals surface area contributed by atoms with Crippen LogP contribution in [0.25, 0.3) is 0 Å². The van der Waals surface area contributed by atoms with Gasteiger partial charge >= 0.3 is 6.03 Å². The van der Waals surface area contributed by atoms with Crippen LogP contribution in [0.15, 0.2) is 76.5 Å². The molecule has 0 spiro atoms. The van der Waals surface area contributed by atoms with Crippen molar-refractivity contribution in [1.29, 1.82) is 0 Å². The van der Waals surface area contributed by atoms with Crippen molar-refractivity contribution < 1.29 is 9.72 Å². The third-order valence-corrected chi connectivity index (χ3v) is 4.97. The summed E-state index contributed by atoms with van der Waals surface area (Å²) in [6, 6.07) is 19.2. The van der Waals surface area contributed by atoms with E-state index in [9.17, 15) is 14.9 Å². The van der Waals surface area contributed by atoms with Gasteiger partial charge in [-0.3, -0.25) is 10.1 Å². The van der Waals surface area contributed by atoms with E-state index in [0.717, 1.165) is 26.6 Å². The third-order valence-electron chi connectivity index (χ3n) is 3.89. The summed E-state index contributed by atoms with van der Waals surface area (Å²) in [5.74, 6) is 0. The van der Waals surface area contributed by atoms with Crippen LogP contribution < -0.4 is 10.6 Å². The molecule has 3 aromatic rings. The van der Waals surface area contributed by atoms with Gasteiger partial charge in [0.15, 0.2) is 0 Å². The van der Waals surface area contributed by atoms with Gasteiger partial charge in [-0.15, -0.1) is 0 Å². The first-order chi connectivity index (χ1) is 13.4. The lowest BCUT2D eigenvalue weighted by atomic mass is 10.1. The first-order valence-corrected chi connectivity index (χ1v) is 9.40. The van der Waals surface area contributed by atoms with Gasteiger partial charge in [-0.05, 0) is 61.4 Å². The van der Waals surface area contributed by atoms with Crippen LogP contribution in [-0.2, 0) is 0 Å². The van der Waals surface area contributed by atoms with Crippen molar-refractivity contribution in [2.24, 2.45) is 0 Å². The van der Waals surface area contributed by atoms with Crippen molar-refractivity contribution >= 4 is 34.9 Å². The molecule has 0 aliphatic carbocycles. The summed E-state index contributed by atoms with van der Waals surface area (Å²) in [7, 11) is 0. The summed E-state index contributed by atoms with van der Waals surface area (Å²) in [6.07, 6.45) is 0. The maximum atomic E-state index is 12.4. The molecule has 0 aliphatic heterocycles. The quantitative estimate of drug-likeness (QED) is 0.411. The highest BCUT2D eigenvalue weighted by molar-refractivity contribution is 7.99. The molecule has 3 rings (SSSR count). The number of hydrogen-bond donors (Lipinski definition) is 2. The number of carbonyl (C=O) groups is 1. The first-order valence-electron chi connectivity index (χ1n) is 8.58. The Morgan fingerprint density at radius 3 is 2.21 bits per heavy atom. The minimum atomic E-state index is -0.429. The molecule has 0 unspecified atom stereocenters. The number of benzene rings is 3. The number of amides is 2. The number of rotatable bonds is 5. The molecule has 0 aromatic heterocycles. The number of nitrogens with one attached hydrogen (secondary N) is 2. The Morgan fingerprint density at radius 1 is 0.929 bits per heavy atom. The van der Waals surface area contributed by atoms with E-state index < -0.39 is 4.92 Å². The summed E-state index contributed by atoms with van der Waals surface area (Å²) in [6.45, 7) is 3.96. The van der Waals surface area contributed by atoms with Crippen molar-refractivity contribution in [1.82, 2.24) is 0 Å². The van der Waals surface area contributed by atoms with E-state index in [2.05, 4.69) is 10.6 Å². The maximum absolute atomic E-state index is 12.4. The highest BCUT2D eigenvalue weighted by Gasteiger charge is 2.10. The van der Waals surface area contributed by atoms with Crippen molar-refractivity contribution in [2.45, 2.75) is 23.6 Å². The number of nitrogens with zero attached hydrogens (tertiary/aromatic N) is 1. The fraction of sp³-hybridized carbons (Fsp3) is 0.0952. The molecule has 7 heteroatoms. The topological polar surface area (TPSA) is 84.3 Å². The lowest BCUT2D eigenvalue weighted by molar-refractivity contribution is -0.384. The minimum Gasteiger partial charge on any atom is -0.308 e. The normalized spacial score (nSPS) is 10.4. The summed E-state index contributed by atoms with van der Waals surface area (Å²) in [5.41, 5.74) is 3.58. The highest BCUT2D eigenvalue weighted by atomic mass is 32.2. The number of para-hydroxylation sites is 1. The summed E-state index contributed by atoms with van der Waals surface area (Å²) in [4.78, 5) is 24.5. The Balaban J connectivity index is 1.72. The van der Waals surface area contributed by atoms with E-state index in [1.807, 2.05) is 56.3 Å². The van der Waals surface area contributed by atoms with Gasteiger partial charge in [0.25, 0.3) is 5.69 Å². The second-order valence-corrected chi connectivity index (χ2v) is 7.42. The highest BCUT2D eigenvalue weighted by Crippen LogP contribution is 2.34. The molecule has 0 fully saturated rings. The molecule has 3 aromatic carbocycles. The number of aryl methyl sites for hydroxylation is 2. The summed E-state index contributed by atoms with van der Waals surface area (Å²) in [5, 5.41) is 16.5. The molecule has 0 saturated heterocycles. The van der Waals surface area contributed by atoms with Gasteiger partial charge in [0.2, 0.25) is 0 Å². The van der Waals surface area contributed by atoms with E-state index >= 15 is 0 Å². The monoisotopic (exact) mass is 393 g/mol. The Labute approximate surface area is 167 Å². The van der Waals surface area contributed by atoms with Gasteiger partial charge < -0.3 is 10.6 Å². The van der Waals surface area contributed by atoms with Crippen LogP contribution >= 0.6 is 11.8 Å². The molecule has 0 heterocycles. The molecular weight excluding hydrogens is 374 g/mol. The standard InChI is InChI=1S/C21H19N3O3S/c1-14-11-15(2)13-16(12-14)22-21(25)23-19-5-3-4-6-20(19)28-18-9-7-17(8-10-18)24(26)27/h3-13H,1-2H3,(H2,22,23,25). The van der Waals surface area contributed by atoms with Crippen LogP contribution in [0.2, 0.25) is 0 Å². The zero-order chi connectivity index (χ0) is 20.1. The van der Waals surface area contributed by atoms with Gasteiger partial charge in [-0.1, -0.05) is 30.0 Å². The Kier molecular flexibility index (Phi) is 5.96. The molecule has 0 bridgehead atoms. The van der Waals surface area contributed by atoms with Crippen LogP contribution in [0, 0.1) is 24.0 Å². The van der Waals surface area contributed by atoms with Crippen molar-refractivity contribution in [3.63, 3.8) is 0 Å². The third kappa shape index (κ3) is 5.11. The van der Waals surface area contributed by atoms with Crippen LogP contribution in [0.4, 0.5) is 21.9 Å². The fourth-order valence-electron chi connectivity index (χ4n) is 2.75. The summed E-state index contributed by atoms with van der Waals surface area (Å²) >= 11 is 1.42. The zero-order valence-corrected chi connectivity index (χ0v) is 16.2. The van der Waals surface area contributed by atoms with Gasteiger partial charge in [0, 0.05) is 27.6 Å². The molecular formula is C21H19N3O3S. The number of non-ortho nitro benzene ring substituents is 1. The minimum absolute atomic E-state index is 0.0450. The van der Waals surface area contributed by atoms with Crippen LogP contribution in [0.3, 0.4) is 0 Å². The van der Waals surface area contributed by atoms with E-state index in [4.69, 9.17) is 0 Å². The molecule has 0 atom stereocenters. The van der Waals surface area contributed by atoms with Crippen LogP contribution in [0.5, 0.6) is 0 Å². The molecule has 0 aliphatic rings. The van der Waals surface area contributed by atoms with Gasteiger partial charge in [-0.25, -0.2) is 4.79 Å². The summed E-state index contributed by atoms with van der Waals surface area (Å²) < 4.78 is 0. The van der Waals surface area contributed by atoms with Gasteiger partial charge in [0.05, 0.1) is 10.6 Å². The SMILES string of the molecule is Cc1cc(C)cc(NC(=O)Nc2ccccc2Sc2ccc([N+](=O)[O-])cc2)c1. The molecule has 6 nitrogen and oxygen atoms in total. The number of anilines is 2. The van der Waals surface area contributed by atoms with Gasteiger partial charge in [-0.2, -0.15) is 0 Å². The Morgan fingerprint density at radius 2 is 1.57 bits per heavy atom. The molecule has 2 amide bonds. The van der Waals surface area contributed by atoms with Crippen molar-refractivity contribution in [2.75, 3.05) is 10.6 Å². The predicted molar refractivity (Wildman–Crippen MR) is 112 cm³/mol. The average Bonchev–Trinajstić information content (AvgIpc) is 2.63. The average molecular weight is 393 g/mol. The second-order valence-electron chi connectivity index (χ2n) is 6.30. The predicted octanol–water partition coefficient (Wildman–Crippen LogP) is 6.01.